The third-order valence-electron chi connectivity index (χ3n) is 6.21. The minimum atomic E-state index is 0. The van der Waals surface area contributed by atoms with Crippen molar-refractivity contribution < 1.29 is 4.74 Å². The summed E-state index contributed by atoms with van der Waals surface area (Å²) in [5.41, 5.74) is 0.517. The number of aliphatic imine (C=N–C) groups is 1. The van der Waals surface area contributed by atoms with Crippen molar-refractivity contribution in [3.05, 3.63) is 11.6 Å². The number of hydrogen-bond donors (Lipinski definition) is 2. The van der Waals surface area contributed by atoms with E-state index >= 15 is 0 Å². The summed E-state index contributed by atoms with van der Waals surface area (Å²) in [6.07, 6.45) is 8.96. The molecule has 152 valence electrons. The molecule has 4 rings (SSSR count). The summed E-state index contributed by atoms with van der Waals surface area (Å²) in [4.78, 5) is 9.54. The molecule has 1 unspecified atom stereocenters. The van der Waals surface area contributed by atoms with Crippen molar-refractivity contribution in [3.63, 3.8) is 0 Å². The molecule has 2 aliphatic carbocycles. The molecule has 0 spiro atoms. The molecule has 2 heterocycles. The molecule has 0 aromatic carbocycles. The molecule has 0 radical (unpaired) electrons. The summed E-state index contributed by atoms with van der Waals surface area (Å²) in [5, 5.41) is 11.6. The van der Waals surface area contributed by atoms with Gasteiger partial charge in [-0.05, 0) is 50.4 Å². The Morgan fingerprint density at radius 1 is 1.33 bits per heavy atom. The first kappa shape index (κ1) is 20.8. The molecule has 1 aromatic heterocycles. The molecule has 8 heteroatoms. The zero-order valence-corrected chi connectivity index (χ0v) is 18.9. The molecule has 0 bridgehead atoms. The topological polar surface area (TPSA) is 76.4 Å². The first-order chi connectivity index (χ1) is 12.7. The number of hydrogen-bond acceptors (Lipinski definition) is 4. The van der Waals surface area contributed by atoms with Crippen molar-refractivity contribution in [2.24, 2.45) is 16.3 Å². The largest absolute Gasteiger partial charge is 0.377 e. The summed E-state index contributed by atoms with van der Waals surface area (Å²) < 4.78 is 7.17. The SMILES string of the molecule is CCNC(=NCC1(C2CC2)CCC1)NC1CCc2nc(COC)nn2C1.I. The van der Waals surface area contributed by atoms with E-state index in [2.05, 4.69) is 27.6 Å². The first-order valence-electron chi connectivity index (χ1n) is 10.2. The number of nitrogens with zero attached hydrogens (tertiary/aromatic N) is 4. The van der Waals surface area contributed by atoms with Crippen LogP contribution >= 0.6 is 24.0 Å². The minimum absolute atomic E-state index is 0. The van der Waals surface area contributed by atoms with Gasteiger partial charge in [-0.1, -0.05) is 6.42 Å². The monoisotopic (exact) mass is 488 g/mol. The highest BCUT2D eigenvalue weighted by molar-refractivity contribution is 14.0. The van der Waals surface area contributed by atoms with Gasteiger partial charge in [0.25, 0.3) is 0 Å². The smallest absolute Gasteiger partial charge is 0.191 e. The van der Waals surface area contributed by atoms with Crippen molar-refractivity contribution in [2.45, 2.75) is 71.1 Å². The van der Waals surface area contributed by atoms with Crippen LogP contribution in [0.5, 0.6) is 0 Å². The molecule has 1 aliphatic heterocycles. The van der Waals surface area contributed by atoms with Gasteiger partial charge in [0.15, 0.2) is 11.8 Å². The predicted octanol–water partition coefficient (Wildman–Crippen LogP) is 2.49. The molecule has 7 nitrogen and oxygen atoms in total. The van der Waals surface area contributed by atoms with Crippen molar-refractivity contribution in [1.82, 2.24) is 25.4 Å². The van der Waals surface area contributed by atoms with E-state index in [1.54, 1.807) is 7.11 Å². The summed E-state index contributed by atoms with van der Waals surface area (Å²) in [7, 11) is 1.68. The summed E-state index contributed by atoms with van der Waals surface area (Å²) in [6, 6.07) is 0.343. The van der Waals surface area contributed by atoms with Crippen LogP contribution in [-0.2, 0) is 24.3 Å². The minimum Gasteiger partial charge on any atom is -0.377 e. The maximum atomic E-state index is 5.15. The van der Waals surface area contributed by atoms with Gasteiger partial charge in [0.1, 0.15) is 12.4 Å². The van der Waals surface area contributed by atoms with E-state index in [4.69, 9.17) is 9.73 Å². The Kier molecular flexibility index (Phi) is 6.99. The van der Waals surface area contributed by atoms with Crippen molar-refractivity contribution >= 4 is 29.9 Å². The van der Waals surface area contributed by atoms with E-state index in [1.165, 1.54) is 32.1 Å². The molecule has 3 aliphatic rings. The third kappa shape index (κ3) is 4.75. The average Bonchev–Trinajstić information content (AvgIpc) is 3.35. The number of aromatic nitrogens is 3. The van der Waals surface area contributed by atoms with Crippen LogP contribution in [0.4, 0.5) is 0 Å². The van der Waals surface area contributed by atoms with Gasteiger partial charge >= 0.3 is 0 Å². The fourth-order valence-corrected chi connectivity index (χ4v) is 4.44. The second kappa shape index (κ2) is 9.07. The number of nitrogens with one attached hydrogen (secondary N) is 2. The number of aryl methyl sites for hydroxylation is 1. The zero-order valence-electron chi connectivity index (χ0n) is 16.5. The first-order valence-corrected chi connectivity index (χ1v) is 10.2. The highest BCUT2D eigenvalue weighted by Crippen LogP contribution is 2.57. The maximum absolute atomic E-state index is 5.15. The molecule has 2 fully saturated rings. The summed E-state index contributed by atoms with van der Waals surface area (Å²) in [6.45, 7) is 5.31. The van der Waals surface area contributed by atoms with Gasteiger partial charge in [0, 0.05) is 32.7 Å². The molecular weight excluding hydrogens is 455 g/mol. The Morgan fingerprint density at radius 2 is 2.15 bits per heavy atom. The van der Waals surface area contributed by atoms with E-state index in [1.807, 2.05) is 4.68 Å². The van der Waals surface area contributed by atoms with Crippen molar-refractivity contribution in [3.8, 4) is 0 Å². The molecule has 0 amide bonds. The van der Waals surface area contributed by atoms with Gasteiger partial charge in [-0.2, -0.15) is 5.10 Å². The Labute approximate surface area is 179 Å². The molecule has 2 N–H and O–H groups in total. The third-order valence-corrected chi connectivity index (χ3v) is 6.21. The van der Waals surface area contributed by atoms with Crippen LogP contribution < -0.4 is 10.6 Å². The quantitative estimate of drug-likeness (QED) is 0.351. The Hall–Kier alpha value is -0.900. The Balaban J connectivity index is 0.00000210. The van der Waals surface area contributed by atoms with Crippen LogP contribution in [0, 0.1) is 11.3 Å². The van der Waals surface area contributed by atoms with E-state index in [0.29, 0.717) is 18.1 Å². The fraction of sp³-hybridized carbons (Fsp3) is 0.842. The van der Waals surface area contributed by atoms with Gasteiger partial charge in [-0.25, -0.2) is 9.67 Å². The number of fused-ring (bicyclic) bond motifs is 1. The van der Waals surface area contributed by atoms with Gasteiger partial charge in [-0.3, -0.25) is 4.99 Å². The average molecular weight is 488 g/mol. The lowest BCUT2D eigenvalue weighted by Gasteiger charge is -2.41. The Bertz CT molecular complexity index is 653. The summed E-state index contributed by atoms with van der Waals surface area (Å²) >= 11 is 0. The van der Waals surface area contributed by atoms with Gasteiger partial charge in [0.05, 0.1) is 6.54 Å². The van der Waals surface area contributed by atoms with Crippen LogP contribution in [0.1, 0.15) is 57.1 Å². The molecule has 1 aromatic rings. The normalized spacial score (nSPS) is 23.8. The predicted molar refractivity (Wildman–Crippen MR) is 116 cm³/mol. The van der Waals surface area contributed by atoms with E-state index in [-0.39, 0.29) is 24.0 Å². The second-order valence-electron chi connectivity index (χ2n) is 8.12. The summed E-state index contributed by atoms with van der Waals surface area (Å²) in [5.74, 6) is 3.75. The van der Waals surface area contributed by atoms with E-state index in [0.717, 1.165) is 56.0 Å². The molecule has 0 saturated heterocycles. The zero-order chi connectivity index (χ0) is 18.0. The lowest BCUT2D eigenvalue weighted by Crippen LogP contribution is -2.48. The number of methoxy groups -OCH3 is 1. The van der Waals surface area contributed by atoms with Gasteiger partial charge < -0.3 is 15.4 Å². The molecular formula is C19H33IN6O. The van der Waals surface area contributed by atoms with Crippen LogP contribution in [0.3, 0.4) is 0 Å². The molecule has 27 heavy (non-hydrogen) atoms. The molecule has 1 atom stereocenters. The number of rotatable bonds is 7. The van der Waals surface area contributed by atoms with Crippen molar-refractivity contribution in [2.75, 3.05) is 20.2 Å². The lowest BCUT2D eigenvalue weighted by molar-refractivity contribution is 0.113. The number of guanidine groups is 1. The molecule has 2 saturated carbocycles. The van der Waals surface area contributed by atoms with Crippen LogP contribution in [-0.4, -0.2) is 47.0 Å². The number of halogens is 1. The van der Waals surface area contributed by atoms with Crippen LogP contribution in [0.25, 0.3) is 0 Å². The van der Waals surface area contributed by atoms with Crippen LogP contribution in [0.15, 0.2) is 4.99 Å². The van der Waals surface area contributed by atoms with E-state index < -0.39 is 0 Å². The van der Waals surface area contributed by atoms with Crippen molar-refractivity contribution in [1.29, 1.82) is 0 Å². The number of ether oxygens (including phenoxy) is 1. The highest BCUT2D eigenvalue weighted by atomic mass is 127. The lowest BCUT2D eigenvalue weighted by atomic mass is 9.65. The standard InChI is InChI=1S/C19H32N6O.HI/c1-3-20-18(21-13-19(9-4-10-19)14-5-6-14)22-15-7-8-17-23-16(12-26-2)24-25(17)11-15;/h14-15H,3-13H2,1-2H3,(H2,20,21,22);1H. The Morgan fingerprint density at radius 3 is 2.78 bits per heavy atom. The highest BCUT2D eigenvalue weighted by Gasteiger charge is 2.48. The van der Waals surface area contributed by atoms with E-state index in [9.17, 15) is 0 Å². The fourth-order valence-electron chi connectivity index (χ4n) is 4.44. The second-order valence-corrected chi connectivity index (χ2v) is 8.12. The maximum Gasteiger partial charge on any atom is 0.191 e. The van der Waals surface area contributed by atoms with Crippen LogP contribution in [0.2, 0.25) is 0 Å². The van der Waals surface area contributed by atoms with Gasteiger partial charge in [0.2, 0.25) is 0 Å². The van der Waals surface area contributed by atoms with Gasteiger partial charge in [-0.15, -0.1) is 24.0 Å².